The maximum absolute atomic E-state index is 13.1. The van der Waals surface area contributed by atoms with E-state index in [2.05, 4.69) is 29.2 Å². The van der Waals surface area contributed by atoms with Gasteiger partial charge in [0.1, 0.15) is 0 Å². The van der Waals surface area contributed by atoms with Crippen molar-refractivity contribution in [2.75, 3.05) is 45.8 Å². The number of carbonyl (C=O) groups excluding carboxylic acids is 1. The number of benzene rings is 2. The fourth-order valence-corrected chi connectivity index (χ4v) is 6.24. The van der Waals surface area contributed by atoms with E-state index in [1.807, 2.05) is 54.3 Å². The van der Waals surface area contributed by atoms with E-state index in [1.54, 1.807) is 4.31 Å². The average Bonchev–Trinajstić information content (AvgIpc) is 2.86. The van der Waals surface area contributed by atoms with Gasteiger partial charge in [0.15, 0.2) is 0 Å². The van der Waals surface area contributed by atoms with Gasteiger partial charge < -0.3 is 4.90 Å². The van der Waals surface area contributed by atoms with E-state index < -0.39 is 10.0 Å². The molecule has 2 aliphatic rings. The predicted octanol–water partition coefficient (Wildman–Crippen LogP) is 3.39. The molecule has 2 aliphatic heterocycles. The molecule has 2 fully saturated rings. The Morgan fingerprint density at radius 2 is 1.56 bits per heavy atom. The van der Waals surface area contributed by atoms with Gasteiger partial charge in [-0.2, -0.15) is 0 Å². The Hall–Kier alpha value is -2.48. The second-order valence-electron chi connectivity index (χ2n) is 9.35. The van der Waals surface area contributed by atoms with Crippen molar-refractivity contribution in [2.24, 2.45) is 5.92 Å². The van der Waals surface area contributed by atoms with E-state index in [9.17, 15) is 13.2 Å². The van der Waals surface area contributed by atoms with Gasteiger partial charge >= 0.3 is 0 Å². The molecule has 182 valence electrons. The Bertz CT molecular complexity index is 1070. The highest BCUT2D eigenvalue weighted by molar-refractivity contribution is 7.88. The largest absolute Gasteiger partial charge is 0.340 e. The molecule has 0 bridgehead atoms. The summed E-state index contributed by atoms with van der Waals surface area (Å²) in [6.07, 6.45) is 5.52. The molecule has 6 nitrogen and oxygen atoms in total. The monoisotopic (exact) mass is 481 g/mol. The summed E-state index contributed by atoms with van der Waals surface area (Å²) in [5.41, 5.74) is 3.12. The molecule has 4 rings (SSSR count). The van der Waals surface area contributed by atoms with Gasteiger partial charge in [0.05, 0.1) is 5.75 Å². The molecule has 2 heterocycles. The summed E-state index contributed by atoms with van der Waals surface area (Å²) in [6.45, 7) is 6.94. The zero-order chi connectivity index (χ0) is 24.0. The molecular weight excluding hydrogens is 446 g/mol. The van der Waals surface area contributed by atoms with Crippen molar-refractivity contribution in [3.8, 4) is 0 Å². The van der Waals surface area contributed by atoms with E-state index in [0.717, 1.165) is 43.9 Å². The Balaban J connectivity index is 1.21. The van der Waals surface area contributed by atoms with Crippen LogP contribution in [0, 0.1) is 12.8 Å². The molecule has 1 amide bonds. The van der Waals surface area contributed by atoms with Crippen LogP contribution in [0.5, 0.6) is 0 Å². The number of rotatable bonds is 7. The van der Waals surface area contributed by atoms with Crippen molar-refractivity contribution in [1.82, 2.24) is 14.1 Å². The van der Waals surface area contributed by atoms with E-state index in [0.29, 0.717) is 25.9 Å². The molecule has 2 aromatic carbocycles. The van der Waals surface area contributed by atoms with Crippen LogP contribution >= 0.6 is 0 Å². The van der Waals surface area contributed by atoms with Crippen LogP contribution in [0.4, 0.5) is 0 Å². The van der Waals surface area contributed by atoms with Crippen LogP contribution in [0.3, 0.4) is 0 Å². The van der Waals surface area contributed by atoms with Crippen LogP contribution < -0.4 is 0 Å². The van der Waals surface area contributed by atoms with Crippen molar-refractivity contribution >= 4 is 22.0 Å². The van der Waals surface area contributed by atoms with Crippen LogP contribution in [0.15, 0.2) is 60.7 Å². The van der Waals surface area contributed by atoms with Gasteiger partial charge in [0.2, 0.25) is 15.9 Å². The minimum atomic E-state index is -3.36. The lowest BCUT2D eigenvalue weighted by Crippen LogP contribution is -2.51. The maximum Gasteiger partial charge on any atom is 0.225 e. The molecule has 0 saturated carbocycles. The van der Waals surface area contributed by atoms with Crippen LogP contribution in [0.2, 0.25) is 0 Å². The van der Waals surface area contributed by atoms with E-state index in [1.165, 1.54) is 5.56 Å². The number of aryl methyl sites for hydroxylation is 1. The number of sulfonamides is 1. The quantitative estimate of drug-likeness (QED) is 0.608. The summed E-state index contributed by atoms with van der Waals surface area (Å²) in [5, 5.41) is 0. The second-order valence-corrected chi connectivity index (χ2v) is 11.3. The SMILES string of the molecule is Cc1ccc(CS(=O)(=O)N2CCC(C(=O)N3CCN(CC=Cc4ccccc4)CC3)CC2)cc1. The molecule has 0 unspecified atom stereocenters. The fraction of sp³-hybridized carbons (Fsp3) is 0.444. The molecule has 0 aromatic heterocycles. The van der Waals surface area contributed by atoms with Gasteiger partial charge in [-0.3, -0.25) is 9.69 Å². The normalized spacial score (nSPS) is 19.0. The van der Waals surface area contributed by atoms with Gasteiger partial charge in [0.25, 0.3) is 0 Å². The second kappa shape index (κ2) is 11.3. The summed E-state index contributed by atoms with van der Waals surface area (Å²) in [4.78, 5) is 17.4. The number of amides is 1. The van der Waals surface area contributed by atoms with Crippen molar-refractivity contribution in [3.05, 3.63) is 77.4 Å². The third-order valence-corrected chi connectivity index (χ3v) is 8.67. The lowest BCUT2D eigenvalue weighted by molar-refractivity contribution is -0.138. The Morgan fingerprint density at radius 1 is 0.912 bits per heavy atom. The fourth-order valence-electron chi connectivity index (χ4n) is 4.68. The Morgan fingerprint density at radius 3 is 2.21 bits per heavy atom. The molecule has 0 spiro atoms. The first-order valence-corrected chi connectivity index (χ1v) is 13.8. The third-order valence-electron chi connectivity index (χ3n) is 6.82. The van der Waals surface area contributed by atoms with Crippen LogP contribution in [-0.4, -0.2) is 74.2 Å². The van der Waals surface area contributed by atoms with E-state index in [4.69, 9.17) is 0 Å². The minimum absolute atomic E-state index is 0.0204. The topological polar surface area (TPSA) is 60.9 Å². The Labute approximate surface area is 203 Å². The molecule has 2 aromatic rings. The van der Waals surface area contributed by atoms with Crippen molar-refractivity contribution in [2.45, 2.75) is 25.5 Å². The van der Waals surface area contributed by atoms with Crippen LogP contribution in [-0.2, 0) is 20.6 Å². The Kier molecular flexibility index (Phi) is 8.19. The van der Waals surface area contributed by atoms with E-state index >= 15 is 0 Å². The molecule has 34 heavy (non-hydrogen) atoms. The highest BCUT2D eigenvalue weighted by atomic mass is 32.2. The molecule has 2 saturated heterocycles. The summed E-state index contributed by atoms with van der Waals surface area (Å²) < 4.78 is 27.3. The zero-order valence-electron chi connectivity index (χ0n) is 20.0. The number of hydrogen-bond acceptors (Lipinski definition) is 4. The van der Waals surface area contributed by atoms with Gasteiger partial charge in [-0.15, -0.1) is 0 Å². The summed E-state index contributed by atoms with van der Waals surface area (Å²) in [5.74, 6) is 0.137. The van der Waals surface area contributed by atoms with Crippen LogP contribution in [0.1, 0.15) is 29.5 Å². The predicted molar refractivity (Wildman–Crippen MR) is 137 cm³/mol. The van der Waals surface area contributed by atoms with Crippen LogP contribution in [0.25, 0.3) is 6.08 Å². The number of carbonyl (C=O) groups is 1. The molecule has 0 atom stereocenters. The first kappa shape index (κ1) is 24.6. The van der Waals surface area contributed by atoms with Gasteiger partial charge in [-0.1, -0.05) is 72.3 Å². The molecule has 7 heteroatoms. The highest BCUT2D eigenvalue weighted by Gasteiger charge is 2.33. The smallest absolute Gasteiger partial charge is 0.225 e. The lowest BCUT2D eigenvalue weighted by atomic mass is 9.96. The molecule has 0 N–H and O–H groups in total. The number of hydrogen-bond donors (Lipinski definition) is 0. The van der Waals surface area contributed by atoms with E-state index in [-0.39, 0.29) is 17.6 Å². The average molecular weight is 482 g/mol. The van der Waals surface area contributed by atoms with Gasteiger partial charge in [-0.05, 0) is 30.9 Å². The molecule has 0 radical (unpaired) electrons. The van der Waals surface area contributed by atoms with Crippen molar-refractivity contribution in [1.29, 1.82) is 0 Å². The molecule has 0 aliphatic carbocycles. The minimum Gasteiger partial charge on any atom is -0.340 e. The third kappa shape index (κ3) is 6.56. The first-order valence-electron chi connectivity index (χ1n) is 12.2. The van der Waals surface area contributed by atoms with Crippen molar-refractivity contribution in [3.63, 3.8) is 0 Å². The standard InChI is InChI=1S/C27H35N3O3S/c1-23-9-11-25(12-10-23)22-34(32,33)30-16-13-26(14-17-30)27(31)29-20-18-28(19-21-29)15-5-8-24-6-3-2-4-7-24/h2-12,26H,13-22H2,1H3. The summed E-state index contributed by atoms with van der Waals surface area (Å²) >= 11 is 0. The highest BCUT2D eigenvalue weighted by Crippen LogP contribution is 2.24. The molecular formula is C27H35N3O3S. The zero-order valence-corrected chi connectivity index (χ0v) is 20.8. The maximum atomic E-state index is 13.1. The first-order chi connectivity index (χ1) is 16.4. The summed E-state index contributed by atoms with van der Waals surface area (Å²) in [7, 11) is -3.36. The van der Waals surface area contributed by atoms with Gasteiger partial charge in [-0.25, -0.2) is 12.7 Å². The summed E-state index contributed by atoms with van der Waals surface area (Å²) in [6, 6.07) is 17.9. The number of nitrogens with zero attached hydrogens (tertiary/aromatic N) is 3. The van der Waals surface area contributed by atoms with Crippen molar-refractivity contribution < 1.29 is 13.2 Å². The number of piperazine rings is 1. The number of piperidine rings is 1. The van der Waals surface area contributed by atoms with Gasteiger partial charge in [0, 0.05) is 51.7 Å². The lowest BCUT2D eigenvalue weighted by Gasteiger charge is -2.38.